The summed E-state index contributed by atoms with van der Waals surface area (Å²) >= 11 is 6.05. The van der Waals surface area contributed by atoms with Gasteiger partial charge in [-0.2, -0.15) is 0 Å². The lowest BCUT2D eigenvalue weighted by Crippen LogP contribution is -2.13. The van der Waals surface area contributed by atoms with E-state index in [9.17, 15) is 14.0 Å². The van der Waals surface area contributed by atoms with Crippen LogP contribution in [0.25, 0.3) is 11.0 Å². The van der Waals surface area contributed by atoms with Crippen molar-refractivity contribution in [1.29, 1.82) is 0 Å². The van der Waals surface area contributed by atoms with E-state index in [-0.39, 0.29) is 18.1 Å². The molecule has 3 rings (SSSR count). The Morgan fingerprint density at radius 1 is 1.36 bits per heavy atom. The summed E-state index contributed by atoms with van der Waals surface area (Å²) in [5.74, 6) is -1.35. The van der Waals surface area contributed by atoms with Crippen molar-refractivity contribution < 1.29 is 18.7 Å². The highest BCUT2D eigenvalue weighted by molar-refractivity contribution is 6.31. The standard InChI is InChI=1S/C19H18ClFN4O3/c1-10(26)24-16-12-7-11(22-9-13-14(20)5-4-6-15(13)21)8-23-18(12)25(2)17(16)19(27)28-3/h4-8,22H,9H2,1-3H3,(H,24,26). The van der Waals surface area contributed by atoms with Gasteiger partial charge in [0.2, 0.25) is 5.91 Å². The molecule has 9 heteroatoms. The number of aromatic nitrogens is 2. The zero-order valence-electron chi connectivity index (χ0n) is 15.5. The molecule has 0 atom stereocenters. The van der Waals surface area contributed by atoms with Gasteiger partial charge in [-0.25, -0.2) is 14.2 Å². The normalized spacial score (nSPS) is 10.8. The third kappa shape index (κ3) is 3.63. The Bertz CT molecular complexity index is 1060. The summed E-state index contributed by atoms with van der Waals surface area (Å²) in [5.41, 5.74) is 1.86. The van der Waals surface area contributed by atoms with Gasteiger partial charge in [0.15, 0.2) is 5.69 Å². The van der Waals surface area contributed by atoms with Crippen LogP contribution < -0.4 is 10.6 Å². The zero-order chi connectivity index (χ0) is 20.4. The Balaban J connectivity index is 2.02. The second-order valence-electron chi connectivity index (χ2n) is 6.10. The van der Waals surface area contributed by atoms with Crippen LogP contribution in [-0.4, -0.2) is 28.5 Å². The van der Waals surface area contributed by atoms with Gasteiger partial charge in [0, 0.05) is 36.5 Å². The van der Waals surface area contributed by atoms with Gasteiger partial charge in [-0.15, -0.1) is 0 Å². The molecule has 28 heavy (non-hydrogen) atoms. The number of esters is 1. The van der Waals surface area contributed by atoms with Crippen molar-refractivity contribution in [2.75, 3.05) is 17.7 Å². The van der Waals surface area contributed by atoms with E-state index < -0.39 is 11.8 Å². The van der Waals surface area contributed by atoms with Crippen LogP contribution in [0.5, 0.6) is 0 Å². The molecule has 0 saturated heterocycles. The number of benzene rings is 1. The molecule has 2 N–H and O–H groups in total. The quantitative estimate of drug-likeness (QED) is 0.633. The van der Waals surface area contributed by atoms with Crippen LogP contribution in [0.3, 0.4) is 0 Å². The van der Waals surface area contributed by atoms with Crippen molar-refractivity contribution >= 4 is 45.9 Å². The maximum atomic E-state index is 14.0. The van der Waals surface area contributed by atoms with E-state index in [0.717, 1.165) is 0 Å². The molecule has 2 heterocycles. The van der Waals surface area contributed by atoms with Gasteiger partial charge in [-0.05, 0) is 18.2 Å². The third-order valence-electron chi connectivity index (χ3n) is 4.24. The average Bonchev–Trinajstić information content (AvgIpc) is 2.91. The van der Waals surface area contributed by atoms with E-state index in [1.165, 1.54) is 26.2 Å². The van der Waals surface area contributed by atoms with E-state index in [0.29, 0.717) is 33.0 Å². The Labute approximate surface area is 165 Å². The van der Waals surface area contributed by atoms with Gasteiger partial charge in [-0.1, -0.05) is 17.7 Å². The first kappa shape index (κ1) is 19.6. The lowest BCUT2D eigenvalue weighted by molar-refractivity contribution is -0.114. The molecule has 0 bridgehead atoms. The molecule has 1 aromatic carbocycles. The first-order valence-electron chi connectivity index (χ1n) is 8.34. The molecule has 0 spiro atoms. The van der Waals surface area contributed by atoms with Crippen LogP contribution in [0.4, 0.5) is 15.8 Å². The summed E-state index contributed by atoms with van der Waals surface area (Å²) in [5, 5.41) is 6.58. The number of nitrogens with zero attached hydrogens (tertiary/aromatic N) is 2. The van der Waals surface area contributed by atoms with Crippen LogP contribution in [0.15, 0.2) is 30.5 Å². The number of hydrogen-bond acceptors (Lipinski definition) is 5. The highest BCUT2D eigenvalue weighted by Gasteiger charge is 2.23. The molecule has 3 aromatic rings. The highest BCUT2D eigenvalue weighted by atomic mass is 35.5. The number of fused-ring (bicyclic) bond motifs is 1. The lowest BCUT2D eigenvalue weighted by Gasteiger charge is -2.09. The zero-order valence-corrected chi connectivity index (χ0v) is 16.2. The van der Waals surface area contributed by atoms with Crippen LogP contribution in [0.2, 0.25) is 5.02 Å². The number of aryl methyl sites for hydroxylation is 1. The molecule has 0 saturated carbocycles. The summed E-state index contributed by atoms with van der Waals surface area (Å²) < 4.78 is 20.3. The molecule has 0 fully saturated rings. The van der Waals surface area contributed by atoms with Gasteiger partial charge in [0.05, 0.1) is 24.7 Å². The van der Waals surface area contributed by atoms with E-state index >= 15 is 0 Å². The number of amides is 1. The van der Waals surface area contributed by atoms with Crippen LogP contribution >= 0.6 is 11.6 Å². The maximum Gasteiger partial charge on any atom is 0.356 e. The van der Waals surface area contributed by atoms with E-state index in [2.05, 4.69) is 15.6 Å². The number of ether oxygens (including phenoxy) is 1. The van der Waals surface area contributed by atoms with Crippen molar-refractivity contribution in [2.45, 2.75) is 13.5 Å². The molecule has 1 amide bonds. The monoisotopic (exact) mass is 404 g/mol. The minimum absolute atomic E-state index is 0.144. The second-order valence-corrected chi connectivity index (χ2v) is 6.51. The number of nitrogens with one attached hydrogen (secondary N) is 2. The summed E-state index contributed by atoms with van der Waals surface area (Å²) in [6.07, 6.45) is 1.55. The van der Waals surface area contributed by atoms with Crippen molar-refractivity contribution in [3.05, 3.63) is 52.6 Å². The average molecular weight is 405 g/mol. The van der Waals surface area contributed by atoms with Crippen molar-refractivity contribution in [3.63, 3.8) is 0 Å². The van der Waals surface area contributed by atoms with Gasteiger partial charge in [0.1, 0.15) is 11.5 Å². The Hall–Kier alpha value is -3.13. The highest BCUT2D eigenvalue weighted by Crippen LogP contribution is 2.32. The summed E-state index contributed by atoms with van der Waals surface area (Å²) in [4.78, 5) is 28.2. The largest absolute Gasteiger partial charge is 0.464 e. The number of pyridine rings is 1. The van der Waals surface area contributed by atoms with Crippen molar-refractivity contribution in [1.82, 2.24) is 9.55 Å². The minimum Gasteiger partial charge on any atom is -0.464 e. The number of halogens is 2. The number of carbonyl (C=O) groups is 2. The van der Waals surface area contributed by atoms with Crippen LogP contribution in [0, 0.1) is 5.82 Å². The van der Waals surface area contributed by atoms with Crippen molar-refractivity contribution in [3.8, 4) is 0 Å². The molecule has 0 unspecified atom stereocenters. The lowest BCUT2D eigenvalue weighted by atomic mass is 10.2. The maximum absolute atomic E-state index is 14.0. The van der Waals surface area contributed by atoms with Gasteiger partial charge in [0.25, 0.3) is 0 Å². The van der Waals surface area contributed by atoms with Gasteiger partial charge >= 0.3 is 5.97 Å². The molecule has 0 aliphatic rings. The predicted molar refractivity (Wildman–Crippen MR) is 105 cm³/mol. The second kappa shape index (κ2) is 7.85. The fraction of sp³-hybridized carbons (Fsp3) is 0.211. The number of carbonyl (C=O) groups excluding carboxylic acids is 2. The molecular formula is C19H18ClFN4O3. The SMILES string of the molecule is COC(=O)c1c(NC(C)=O)c2cc(NCc3c(F)cccc3Cl)cnc2n1C. The fourth-order valence-corrected chi connectivity index (χ4v) is 3.17. The fourth-order valence-electron chi connectivity index (χ4n) is 2.94. The smallest absolute Gasteiger partial charge is 0.356 e. The molecule has 0 aliphatic heterocycles. The van der Waals surface area contributed by atoms with Gasteiger partial charge < -0.3 is 19.9 Å². The third-order valence-corrected chi connectivity index (χ3v) is 4.59. The molecule has 146 valence electrons. The van der Waals surface area contributed by atoms with E-state index in [1.807, 2.05) is 0 Å². The Morgan fingerprint density at radius 3 is 2.75 bits per heavy atom. The first-order valence-corrected chi connectivity index (χ1v) is 8.72. The number of methoxy groups -OCH3 is 1. The number of rotatable bonds is 5. The minimum atomic E-state index is -0.600. The van der Waals surface area contributed by atoms with E-state index in [4.69, 9.17) is 16.3 Å². The molecule has 0 aliphatic carbocycles. The summed E-state index contributed by atoms with van der Waals surface area (Å²) in [6, 6.07) is 6.19. The molecule has 7 nitrogen and oxygen atoms in total. The number of anilines is 2. The molecular weight excluding hydrogens is 387 g/mol. The molecule has 2 aromatic heterocycles. The first-order chi connectivity index (χ1) is 13.3. The van der Waals surface area contributed by atoms with E-state index in [1.54, 1.807) is 29.9 Å². The predicted octanol–water partition coefficient (Wildman–Crippen LogP) is 3.72. The number of hydrogen-bond donors (Lipinski definition) is 2. The Morgan fingerprint density at radius 2 is 2.11 bits per heavy atom. The molecule has 0 radical (unpaired) electrons. The topological polar surface area (TPSA) is 85.2 Å². The Kier molecular flexibility index (Phi) is 5.51. The summed E-state index contributed by atoms with van der Waals surface area (Å²) in [6.45, 7) is 1.49. The van der Waals surface area contributed by atoms with Crippen LogP contribution in [-0.2, 0) is 23.1 Å². The van der Waals surface area contributed by atoms with Crippen LogP contribution in [0.1, 0.15) is 23.0 Å². The van der Waals surface area contributed by atoms with Gasteiger partial charge in [-0.3, -0.25) is 4.79 Å². The summed E-state index contributed by atoms with van der Waals surface area (Å²) in [7, 11) is 2.91. The van der Waals surface area contributed by atoms with Crippen molar-refractivity contribution in [2.24, 2.45) is 7.05 Å².